The molecule has 8 N–H and O–H groups in total. The van der Waals surface area contributed by atoms with Gasteiger partial charge in [0.15, 0.2) is 0 Å². The van der Waals surface area contributed by atoms with Crippen molar-refractivity contribution < 1.29 is 49.7 Å². The molecule has 2 amide bonds. The zero-order valence-electron chi connectivity index (χ0n) is 25.0. The Labute approximate surface area is 273 Å². The molecule has 2 saturated heterocycles. The number of amides is 2. The number of thioether (sulfide) groups is 1. The number of aliphatic hydroxyl groups excluding tert-OH is 6. The Bertz CT molecular complexity index is 1620. The number of hydrogen-bond donors (Lipinski definition) is 8. The van der Waals surface area contributed by atoms with Crippen LogP contribution in [0.5, 0.6) is 0 Å². The van der Waals surface area contributed by atoms with E-state index in [0.717, 1.165) is 33.3 Å². The normalized spacial score (nSPS) is 31.0. The number of nitrogens with one attached hydrogen (secondary N) is 2. The highest BCUT2D eigenvalue weighted by Gasteiger charge is 2.50. The molecule has 12 nitrogen and oxygen atoms in total. The molecule has 4 unspecified atom stereocenters. The lowest BCUT2D eigenvalue weighted by Gasteiger charge is -2.46. The highest BCUT2D eigenvalue weighted by atomic mass is 32.2. The van der Waals surface area contributed by atoms with Crippen molar-refractivity contribution in [3.63, 3.8) is 0 Å². The molecule has 2 aliphatic heterocycles. The number of carbonyl (C=O) groups excluding carboxylic acids is 2. The maximum atomic E-state index is 13.2. The molecule has 0 radical (unpaired) electrons. The molecular formula is C34H36N2O10S. The Morgan fingerprint density at radius 2 is 0.957 bits per heavy atom. The van der Waals surface area contributed by atoms with Gasteiger partial charge in [0, 0.05) is 11.1 Å². The van der Waals surface area contributed by atoms with Gasteiger partial charge in [-0.15, -0.1) is 0 Å². The van der Waals surface area contributed by atoms with E-state index in [1.807, 2.05) is 48.5 Å². The molecule has 13 heteroatoms. The summed E-state index contributed by atoms with van der Waals surface area (Å²) in [5.41, 5.74) is -1.95. The highest BCUT2D eigenvalue weighted by molar-refractivity contribution is 8.00. The van der Waals surface area contributed by atoms with Gasteiger partial charge in [-0.05, 0) is 45.8 Å². The monoisotopic (exact) mass is 664 g/mol. The van der Waals surface area contributed by atoms with Crippen LogP contribution in [0, 0.1) is 0 Å². The molecule has 4 aromatic carbocycles. The van der Waals surface area contributed by atoms with Gasteiger partial charge in [0.25, 0.3) is 11.8 Å². The van der Waals surface area contributed by atoms with Crippen molar-refractivity contribution in [1.82, 2.24) is 10.6 Å². The van der Waals surface area contributed by atoms with Crippen molar-refractivity contribution in [2.24, 2.45) is 0 Å². The van der Waals surface area contributed by atoms with Gasteiger partial charge in [-0.25, -0.2) is 0 Å². The average molecular weight is 665 g/mol. The fourth-order valence-corrected chi connectivity index (χ4v) is 7.34. The standard InChI is InChI=1S/C34H36N2O10S/c37-15-23-27(39)25(35-31(43)21-11-9-17-5-1-3-7-19(17)13-21)29(41)33(45-23)47-34-30(42)26(28(40)24(16-38)46-34)36-32(44)22-12-10-18-6-2-4-8-20(18)14-22/h1-14,23-30,33-34,37-42H,15-16H2,(H,35,43)(H,36,44)/t23?,24?,25?,26?,27-,28-,29-,30+,33-,34-/m0/s1. The van der Waals surface area contributed by atoms with Crippen LogP contribution in [-0.4, -0.2) is 115 Å². The van der Waals surface area contributed by atoms with Crippen molar-refractivity contribution in [2.75, 3.05) is 13.2 Å². The van der Waals surface area contributed by atoms with Gasteiger partial charge in [-0.3, -0.25) is 9.59 Å². The van der Waals surface area contributed by atoms with Gasteiger partial charge >= 0.3 is 0 Å². The van der Waals surface area contributed by atoms with Crippen LogP contribution < -0.4 is 10.6 Å². The number of rotatable bonds is 8. The fourth-order valence-electron chi connectivity index (χ4n) is 6.00. The molecule has 2 aliphatic rings. The van der Waals surface area contributed by atoms with Gasteiger partial charge in [0.05, 0.1) is 25.3 Å². The fraction of sp³-hybridized carbons (Fsp3) is 0.353. The first-order valence-corrected chi connectivity index (χ1v) is 16.1. The summed E-state index contributed by atoms with van der Waals surface area (Å²) in [4.78, 5) is 26.5. The number of hydrogen-bond acceptors (Lipinski definition) is 11. The molecule has 0 aromatic heterocycles. The van der Waals surface area contributed by atoms with Crippen molar-refractivity contribution in [3.8, 4) is 0 Å². The van der Waals surface area contributed by atoms with Crippen LogP contribution in [0.25, 0.3) is 21.5 Å². The zero-order chi connectivity index (χ0) is 33.2. The molecule has 47 heavy (non-hydrogen) atoms. The van der Waals surface area contributed by atoms with E-state index in [0.29, 0.717) is 0 Å². The van der Waals surface area contributed by atoms with Gasteiger partial charge in [-0.2, -0.15) is 0 Å². The molecule has 248 valence electrons. The lowest BCUT2D eigenvalue weighted by Crippen LogP contribution is -2.66. The Hall–Kier alpha value is -3.63. The van der Waals surface area contributed by atoms with Gasteiger partial charge in [0.2, 0.25) is 0 Å². The van der Waals surface area contributed by atoms with Crippen LogP contribution in [0.1, 0.15) is 20.7 Å². The summed E-state index contributed by atoms with van der Waals surface area (Å²) in [6.07, 6.45) is -8.53. The second-order valence-electron chi connectivity index (χ2n) is 11.7. The van der Waals surface area contributed by atoms with Crippen LogP contribution >= 0.6 is 11.8 Å². The van der Waals surface area contributed by atoms with Crippen LogP contribution in [0.3, 0.4) is 0 Å². The minimum absolute atomic E-state index is 0.287. The second-order valence-corrected chi connectivity index (χ2v) is 12.9. The average Bonchev–Trinajstić information content (AvgIpc) is 3.10. The lowest BCUT2D eigenvalue weighted by atomic mass is 9.96. The number of aliphatic hydroxyl groups is 6. The van der Waals surface area contributed by atoms with Crippen molar-refractivity contribution >= 4 is 45.1 Å². The quantitative estimate of drug-likeness (QED) is 0.131. The Balaban J connectivity index is 1.18. The number of ether oxygens (including phenoxy) is 2. The maximum Gasteiger partial charge on any atom is 0.251 e. The largest absolute Gasteiger partial charge is 0.394 e. The molecule has 2 fully saturated rings. The summed E-state index contributed by atoms with van der Waals surface area (Å²) in [6, 6.07) is 22.5. The summed E-state index contributed by atoms with van der Waals surface area (Å²) in [6.45, 7) is -1.30. The maximum absolute atomic E-state index is 13.2. The molecule has 4 aromatic rings. The summed E-state index contributed by atoms with van der Waals surface area (Å²) < 4.78 is 11.5. The third kappa shape index (κ3) is 6.85. The summed E-state index contributed by atoms with van der Waals surface area (Å²) in [7, 11) is 0. The Morgan fingerprint density at radius 1 is 0.574 bits per heavy atom. The summed E-state index contributed by atoms with van der Waals surface area (Å²) in [5, 5.41) is 73.2. The van der Waals surface area contributed by atoms with E-state index in [4.69, 9.17) is 9.47 Å². The highest BCUT2D eigenvalue weighted by Crippen LogP contribution is 2.37. The molecule has 10 atom stereocenters. The second kappa shape index (κ2) is 14.2. The zero-order valence-corrected chi connectivity index (χ0v) is 25.8. The first-order chi connectivity index (χ1) is 22.7. The van der Waals surface area contributed by atoms with Crippen molar-refractivity contribution in [3.05, 3.63) is 96.1 Å². The van der Waals surface area contributed by atoms with Crippen LogP contribution in [0.15, 0.2) is 84.9 Å². The topological polar surface area (TPSA) is 198 Å². The van der Waals surface area contributed by atoms with E-state index in [9.17, 15) is 40.2 Å². The van der Waals surface area contributed by atoms with Crippen LogP contribution in [0.2, 0.25) is 0 Å². The number of benzene rings is 4. The molecule has 2 heterocycles. The van der Waals surface area contributed by atoms with Gasteiger partial charge in [-0.1, -0.05) is 72.4 Å². The molecule has 6 rings (SSSR count). The summed E-state index contributed by atoms with van der Waals surface area (Å²) in [5.74, 6) is -1.15. The Morgan fingerprint density at radius 3 is 1.34 bits per heavy atom. The van der Waals surface area contributed by atoms with E-state index < -0.39 is 84.6 Å². The SMILES string of the molecule is O=C(NC1[C@@H](O)C(CO)O[C@@H](S[C@@H]2OC(CO)[C@H](O)C(NC(=O)c3ccc4ccccc4c3)[C@@H]2O)[C@@H]1O)c1ccc2ccccc2c1. The van der Waals surface area contributed by atoms with E-state index in [2.05, 4.69) is 10.6 Å². The van der Waals surface area contributed by atoms with E-state index in [1.54, 1.807) is 36.4 Å². The van der Waals surface area contributed by atoms with E-state index in [-0.39, 0.29) is 11.1 Å². The van der Waals surface area contributed by atoms with Crippen LogP contribution in [0.4, 0.5) is 0 Å². The first-order valence-electron chi connectivity index (χ1n) is 15.2. The lowest BCUT2D eigenvalue weighted by molar-refractivity contribution is -0.175. The summed E-state index contributed by atoms with van der Waals surface area (Å²) >= 11 is 0.766. The molecular weight excluding hydrogens is 628 g/mol. The molecule has 0 saturated carbocycles. The molecule has 0 aliphatic carbocycles. The van der Waals surface area contributed by atoms with E-state index in [1.165, 1.54) is 0 Å². The third-order valence-electron chi connectivity index (χ3n) is 8.66. The Kier molecular flexibility index (Phi) is 10.1. The van der Waals surface area contributed by atoms with Gasteiger partial charge < -0.3 is 50.7 Å². The number of fused-ring (bicyclic) bond motifs is 2. The van der Waals surface area contributed by atoms with Crippen molar-refractivity contribution in [2.45, 2.75) is 59.6 Å². The molecule has 0 spiro atoms. The number of carbonyl (C=O) groups is 2. The van der Waals surface area contributed by atoms with Crippen molar-refractivity contribution in [1.29, 1.82) is 0 Å². The first kappa shape index (κ1) is 33.3. The minimum atomic E-state index is -1.55. The third-order valence-corrected chi connectivity index (χ3v) is 9.97. The smallest absolute Gasteiger partial charge is 0.251 e. The minimum Gasteiger partial charge on any atom is -0.394 e. The van der Waals surface area contributed by atoms with Crippen LogP contribution in [-0.2, 0) is 9.47 Å². The molecule has 0 bridgehead atoms. The van der Waals surface area contributed by atoms with Gasteiger partial charge in [0.1, 0.15) is 47.5 Å². The predicted octanol–water partition coefficient (Wildman–Crippen LogP) is 0.501. The van der Waals surface area contributed by atoms with E-state index >= 15 is 0 Å². The predicted molar refractivity (Wildman–Crippen MR) is 174 cm³/mol.